The molecule has 0 aromatic heterocycles. The number of nitro benzene ring substituents is 1. The fourth-order valence-electron chi connectivity index (χ4n) is 2.08. The predicted molar refractivity (Wildman–Crippen MR) is 57.9 cm³/mol. The van der Waals surface area contributed by atoms with Gasteiger partial charge in [-0.25, -0.2) is 0 Å². The summed E-state index contributed by atoms with van der Waals surface area (Å²) in [6.45, 7) is 3.83. The largest absolute Gasteiger partial charge is 0.302 e. The Hall–Kier alpha value is -1.42. The molecular weight excluding hydrogens is 192 g/mol. The number of benzene rings is 1. The molecule has 0 atom stereocenters. The molecule has 4 heteroatoms. The number of rotatable bonds is 1. The lowest BCUT2D eigenvalue weighted by Crippen LogP contribution is -2.27. The van der Waals surface area contributed by atoms with Gasteiger partial charge in [0.2, 0.25) is 0 Å². The summed E-state index contributed by atoms with van der Waals surface area (Å²) >= 11 is 0. The molecule has 1 aromatic rings. The molecule has 0 fully saturated rings. The molecule has 2 rings (SSSR count). The Morgan fingerprint density at radius 3 is 2.87 bits per heavy atom. The van der Waals surface area contributed by atoms with Crippen LogP contribution in [-0.4, -0.2) is 23.4 Å². The average Bonchev–Trinajstić information content (AvgIpc) is 2.18. The second kappa shape index (κ2) is 3.62. The Morgan fingerprint density at radius 1 is 1.47 bits per heavy atom. The molecule has 0 spiro atoms. The van der Waals surface area contributed by atoms with Gasteiger partial charge in [0.1, 0.15) is 0 Å². The van der Waals surface area contributed by atoms with Gasteiger partial charge in [0.05, 0.1) is 4.92 Å². The summed E-state index contributed by atoms with van der Waals surface area (Å²) in [5, 5.41) is 10.7. The zero-order valence-electron chi connectivity index (χ0n) is 8.99. The summed E-state index contributed by atoms with van der Waals surface area (Å²) in [5.41, 5.74) is 3.65. The average molecular weight is 206 g/mol. The van der Waals surface area contributed by atoms with Crippen molar-refractivity contribution in [2.24, 2.45) is 0 Å². The molecule has 0 bridgehead atoms. The number of fused-ring (bicyclic) bond motifs is 1. The van der Waals surface area contributed by atoms with Crippen molar-refractivity contribution in [3.63, 3.8) is 0 Å². The monoisotopic (exact) mass is 206 g/mol. The zero-order valence-corrected chi connectivity index (χ0v) is 8.99. The van der Waals surface area contributed by atoms with Crippen molar-refractivity contribution in [1.29, 1.82) is 0 Å². The van der Waals surface area contributed by atoms with Crippen LogP contribution < -0.4 is 0 Å². The Kier molecular flexibility index (Phi) is 2.44. The van der Waals surface area contributed by atoms with Crippen LogP contribution in [0.3, 0.4) is 0 Å². The van der Waals surface area contributed by atoms with Crippen molar-refractivity contribution >= 4 is 5.69 Å². The topological polar surface area (TPSA) is 46.4 Å². The molecule has 0 unspecified atom stereocenters. The lowest BCUT2D eigenvalue weighted by Gasteiger charge is -2.26. The number of aryl methyl sites for hydroxylation is 1. The van der Waals surface area contributed by atoms with E-state index in [-0.39, 0.29) is 10.6 Å². The highest BCUT2D eigenvalue weighted by molar-refractivity contribution is 5.46. The van der Waals surface area contributed by atoms with Gasteiger partial charge in [-0.05, 0) is 37.1 Å². The molecule has 4 nitrogen and oxygen atoms in total. The van der Waals surface area contributed by atoms with Crippen molar-refractivity contribution in [2.45, 2.75) is 19.9 Å². The maximum atomic E-state index is 10.7. The predicted octanol–water partition coefficient (Wildman–Crippen LogP) is 1.89. The zero-order chi connectivity index (χ0) is 11.0. The highest BCUT2D eigenvalue weighted by atomic mass is 16.6. The molecule has 0 aliphatic carbocycles. The normalized spacial score (nSPS) is 16.1. The molecule has 1 aliphatic rings. The number of nitro groups is 1. The molecule has 1 aliphatic heterocycles. The first-order chi connectivity index (χ1) is 7.08. The fourth-order valence-corrected chi connectivity index (χ4v) is 2.08. The molecule has 0 saturated carbocycles. The van der Waals surface area contributed by atoms with Crippen LogP contribution in [0.4, 0.5) is 5.69 Å². The Labute approximate surface area is 88.7 Å². The van der Waals surface area contributed by atoms with E-state index >= 15 is 0 Å². The smallest absolute Gasteiger partial charge is 0.269 e. The van der Waals surface area contributed by atoms with Gasteiger partial charge < -0.3 is 4.90 Å². The van der Waals surface area contributed by atoms with Gasteiger partial charge in [-0.3, -0.25) is 10.1 Å². The van der Waals surface area contributed by atoms with Gasteiger partial charge in [0.25, 0.3) is 5.69 Å². The van der Waals surface area contributed by atoms with Gasteiger partial charge in [-0.2, -0.15) is 0 Å². The number of likely N-dealkylation sites (N-methyl/N-ethyl adjacent to an activating group) is 1. The summed E-state index contributed by atoms with van der Waals surface area (Å²) in [5.74, 6) is 0. The number of nitrogens with zero attached hydrogens (tertiary/aromatic N) is 2. The fraction of sp³-hybridized carbons (Fsp3) is 0.455. The molecule has 0 N–H and O–H groups in total. The van der Waals surface area contributed by atoms with Crippen LogP contribution in [0.5, 0.6) is 0 Å². The minimum Gasteiger partial charge on any atom is -0.302 e. The Morgan fingerprint density at radius 2 is 2.20 bits per heavy atom. The standard InChI is InChI=1S/C11H14N2O2/c1-8-5-10(13(14)15)6-9-3-4-12(2)7-11(8)9/h5-6H,3-4,7H2,1-2H3. The number of hydrogen-bond donors (Lipinski definition) is 0. The van der Waals surface area contributed by atoms with E-state index in [0.717, 1.165) is 30.6 Å². The maximum Gasteiger partial charge on any atom is 0.269 e. The van der Waals surface area contributed by atoms with E-state index in [1.54, 1.807) is 12.1 Å². The molecule has 0 amide bonds. The van der Waals surface area contributed by atoms with Gasteiger partial charge in [-0.1, -0.05) is 0 Å². The van der Waals surface area contributed by atoms with Crippen molar-refractivity contribution in [2.75, 3.05) is 13.6 Å². The van der Waals surface area contributed by atoms with Crippen LogP contribution in [-0.2, 0) is 13.0 Å². The highest BCUT2D eigenvalue weighted by Crippen LogP contribution is 2.26. The first-order valence-corrected chi connectivity index (χ1v) is 5.03. The van der Waals surface area contributed by atoms with E-state index in [9.17, 15) is 10.1 Å². The van der Waals surface area contributed by atoms with Crippen LogP contribution in [0.2, 0.25) is 0 Å². The Bertz CT molecular complexity index is 415. The second-order valence-corrected chi connectivity index (χ2v) is 4.15. The minimum atomic E-state index is -0.314. The highest BCUT2D eigenvalue weighted by Gasteiger charge is 2.19. The van der Waals surface area contributed by atoms with Crippen molar-refractivity contribution in [3.05, 3.63) is 38.9 Å². The first kappa shape index (κ1) is 10.1. The quantitative estimate of drug-likeness (QED) is 0.520. The van der Waals surface area contributed by atoms with Gasteiger partial charge >= 0.3 is 0 Å². The molecule has 1 heterocycles. The number of hydrogen-bond acceptors (Lipinski definition) is 3. The van der Waals surface area contributed by atoms with Crippen molar-refractivity contribution in [3.8, 4) is 0 Å². The van der Waals surface area contributed by atoms with Gasteiger partial charge in [0.15, 0.2) is 0 Å². The molecule has 0 radical (unpaired) electrons. The summed E-state index contributed by atoms with van der Waals surface area (Å²) in [6.07, 6.45) is 0.911. The van der Waals surface area contributed by atoms with Crippen molar-refractivity contribution in [1.82, 2.24) is 4.90 Å². The van der Waals surface area contributed by atoms with Crippen molar-refractivity contribution < 1.29 is 4.92 Å². The molecule has 1 aromatic carbocycles. The minimum absolute atomic E-state index is 0.218. The molecule has 15 heavy (non-hydrogen) atoms. The van der Waals surface area contributed by atoms with Crippen LogP contribution >= 0.6 is 0 Å². The van der Waals surface area contributed by atoms with E-state index in [4.69, 9.17) is 0 Å². The van der Waals surface area contributed by atoms with Gasteiger partial charge in [-0.15, -0.1) is 0 Å². The third-order valence-electron chi connectivity index (χ3n) is 2.95. The van der Waals surface area contributed by atoms with E-state index in [0.29, 0.717) is 0 Å². The van der Waals surface area contributed by atoms with E-state index < -0.39 is 0 Å². The Balaban J connectivity index is 2.48. The third-order valence-corrected chi connectivity index (χ3v) is 2.95. The van der Waals surface area contributed by atoms with E-state index in [2.05, 4.69) is 11.9 Å². The van der Waals surface area contributed by atoms with Crippen LogP contribution in [0, 0.1) is 17.0 Å². The number of non-ortho nitro benzene ring substituents is 1. The molecular formula is C11H14N2O2. The SMILES string of the molecule is Cc1cc([N+](=O)[O-])cc2c1CN(C)CC2. The summed E-state index contributed by atoms with van der Waals surface area (Å²) in [7, 11) is 2.07. The second-order valence-electron chi connectivity index (χ2n) is 4.15. The summed E-state index contributed by atoms with van der Waals surface area (Å²) < 4.78 is 0. The van der Waals surface area contributed by atoms with Crippen LogP contribution in [0.25, 0.3) is 0 Å². The lowest BCUT2D eigenvalue weighted by molar-refractivity contribution is -0.385. The van der Waals surface area contributed by atoms with E-state index in [1.165, 1.54) is 5.56 Å². The maximum absolute atomic E-state index is 10.7. The van der Waals surface area contributed by atoms with E-state index in [1.807, 2.05) is 6.92 Å². The molecule has 0 saturated heterocycles. The first-order valence-electron chi connectivity index (χ1n) is 5.03. The van der Waals surface area contributed by atoms with Gasteiger partial charge in [0, 0.05) is 25.2 Å². The molecule has 80 valence electrons. The lowest BCUT2D eigenvalue weighted by atomic mass is 9.95. The van der Waals surface area contributed by atoms with Crippen LogP contribution in [0.1, 0.15) is 16.7 Å². The summed E-state index contributed by atoms with van der Waals surface area (Å²) in [4.78, 5) is 12.6. The summed E-state index contributed by atoms with van der Waals surface area (Å²) in [6, 6.07) is 3.38. The van der Waals surface area contributed by atoms with Crippen LogP contribution in [0.15, 0.2) is 12.1 Å². The third kappa shape index (κ3) is 1.85.